The number of nitrogens with zero attached hydrogens (tertiary/aromatic N) is 6. The Morgan fingerprint density at radius 1 is 0.400 bits per heavy atom. The molecule has 0 aromatic heterocycles. The van der Waals surface area contributed by atoms with Crippen molar-refractivity contribution >= 4 is 114 Å². The van der Waals surface area contributed by atoms with E-state index in [2.05, 4.69) is 0 Å². The van der Waals surface area contributed by atoms with Crippen LogP contribution in [0.2, 0.25) is 37.8 Å². The maximum atomic E-state index is 11.9. The van der Waals surface area contributed by atoms with Crippen LogP contribution in [0.4, 0.5) is 5.69 Å². The molecule has 120 heavy (non-hydrogen) atoms. The van der Waals surface area contributed by atoms with E-state index >= 15 is 0 Å². The van der Waals surface area contributed by atoms with Crippen molar-refractivity contribution in [3.63, 3.8) is 0 Å². The van der Waals surface area contributed by atoms with E-state index in [1.54, 1.807) is 134 Å². The third-order valence-corrected chi connectivity index (χ3v) is 33.9. The van der Waals surface area contributed by atoms with Gasteiger partial charge in [0.05, 0.1) is 41.8 Å². The summed E-state index contributed by atoms with van der Waals surface area (Å²) in [5.74, 6) is -1.82. The predicted molar refractivity (Wildman–Crippen MR) is 471 cm³/mol. The van der Waals surface area contributed by atoms with Crippen LogP contribution in [0.1, 0.15) is 222 Å². The molecule has 0 bridgehead atoms. The first kappa shape index (κ1) is 115. The molecule has 5 heterocycles. The van der Waals surface area contributed by atoms with Gasteiger partial charge < -0.3 is 45.7 Å². The molecule has 11 atom stereocenters. The molecule has 0 radical (unpaired) electrons. The number of carbonyl (C=O) groups excluding carboxylic acids is 14. The van der Waals surface area contributed by atoms with Crippen LogP contribution in [0.15, 0.2) is 30.3 Å². The van der Waals surface area contributed by atoms with Crippen molar-refractivity contribution in [1.29, 1.82) is 0 Å². The highest BCUT2D eigenvalue weighted by Gasteiger charge is 2.47. The molecular weight excluding hydrogens is 1590 g/mol. The Bertz CT molecular complexity index is 3110. The molecule has 0 N–H and O–H groups in total. The van der Waals surface area contributed by atoms with Crippen molar-refractivity contribution in [3.8, 4) is 0 Å². The highest BCUT2D eigenvalue weighted by Crippen LogP contribution is 2.35. The summed E-state index contributed by atoms with van der Waals surface area (Å²) in [5, 5.41) is 0. The molecule has 11 unspecified atom stereocenters. The van der Waals surface area contributed by atoms with E-state index in [9.17, 15) is 67.1 Å². The normalized spacial score (nSPS) is 22.2. The van der Waals surface area contributed by atoms with E-state index in [0.717, 1.165) is 88.8 Å². The summed E-state index contributed by atoms with van der Waals surface area (Å²) < 4.78 is 47.9. The predicted octanol–water partition coefficient (Wildman–Crippen LogP) is 13.8. The topological polar surface area (TPSA) is 341 Å². The van der Waals surface area contributed by atoms with Crippen LogP contribution in [0.5, 0.6) is 0 Å². The molecule has 690 valence electrons. The lowest BCUT2D eigenvalue weighted by molar-refractivity contribution is -0.154. The molecule has 1 saturated carbocycles. The first-order chi connectivity index (χ1) is 55.4. The molecule has 29 nitrogen and oxygen atoms in total. The van der Waals surface area contributed by atoms with Crippen LogP contribution in [0, 0.1) is 81.3 Å². The Morgan fingerprint density at radius 3 is 0.825 bits per heavy atom. The second-order valence-corrected chi connectivity index (χ2v) is 45.6. The fourth-order valence-corrected chi connectivity index (χ4v) is 16.1. The molecule has 5 aliphatic heterocycles. The summed E-state index contributed by atoms with van der Waals surface area (Å²) in [5.41, 5.74) is -0.487. The number of esters is 3. The highest BCUT2D eigenvalue weighted by atomic mass is 28.4. The minimum Gasteiger partial charge on any atom is -0.465 e. The van der Waals surface area contributed by atoms with Crippen molar-refractivity contribution in [2.75, 3.05) is 103 Å². The van der Waals surface area contributed by atoms with Crippen LogP contribution in [0.25, 0.3) is 0 Å². The molecule has 6 fully saturated rings. The summed E-state index contributed by atoms with van der Waals surface area (Å²) in [6.45, 7) is 46.7. The van der Waals surface area contributed by atoms with Gasteiger partial charge in [0.15, 0.2) is 0 Å². The van der Waals surface area contributed by atoms with Gasteiger partial charge in [0.25, 0.3) is 0 Å². The number of benzene rings is 1. The number of para-hydroxylation sites is 1. The van der Waals surface area contributed by atoms with Crippen molar-refractivity contribution in [1.82, 2.24) is 24.5 Å². The van der Waals surface area contributed by atoms with Gasteiger partial charge in [0, 0.05) is 149 Å². The smallest absolute Gasteiger partial charge is 0.334 e. The number of carbonyl (C=O) groups is 14. The molecule has 11 amide bonds. The van der Waals surface area contributed by atoms with Gasteiger partial charge in [0.1, 0.15) is 0 Å². The number of amides is 11. The molecular formula is C88H158N6O23Si3. The third-order valence-electron chi connectivity index (χ3n) is 24.9. The average molecular weight is 1750 g/mol. The lowest BCUT2D eigenvalue weighted by Gasteiger charge is -2.29. The Kier molecular flexibility index (Phi) is 51.9. The summed E-state index contributed by atoms with van der Waals surface area (Å²) >= 11 is 0. The quantitative estimate of drug-likeness (QED) is 0.0247. The van der Waals surface area contributed by atoms with Crippen LogP contribution in [-0.2, 0) is 108 Å². The molecule has 5 saturated heterocycles. The molecule has 1 aromatic carbocycles. The Hall–Kier alpha value is -6.79. The Morgan fingerprint density at radius 2 is 0.633 bits per heavy atom. The van der Waals surface area contributed by atoms with Gasteiger partial charge in [-0.3, -0.25) is 91.6 Å². The van der Waals surface area contributed by atoms with E-state index in [1.807, 2.05) is 128 Å². The van der Waals surface area contributed by atoms with Gasteiger partial charge >= 0.3 is 43.6 Å². The van der Waals surface area contributed by atoms with Crippen LogP contribution >= 0.6 is 0 Å². The van der Waals surface area contributed by atoms with Gasteiger partial charge in [-0.15, -0.1) is 0 Å². The third kappa shape index (κ3) is 35.1. The van der Waals surface area contributed by atoms with E-state index in [1.165, 1.54) is 47.2 Å². The van der Waals surface area contributed by atoms with Gasteiger partial charge in [-0.05, 0) is 149 Å². The fraction of sp³-hybridized carbons (Fsp3) is 0.773. The largest absolute Gasteiger partial charge is 0.465 e. The van der Waals surface area contributed by atoms with Crippen molar-refractivity contribution < 1.29 is 108 Å². The molecule has 1 aromatic rings. The number of rotatable bonds is 28. The second-order valence-electron chi connectivity index (χ2n) is 34.9. The zero-order valence-electron chi connectivity index (χ0n) is 80.1. The Labute approximate surface area is 723 Å². The zero-order chi connectivity index (χ0) is 93.7. The van der Waals surface area contributed by atoms with Gasteiger partial charge in [-0.1, -0.05) is 141 Å². The van der Waals surface area contributed by atoms with Crippen molar-refractivity contribution in [2.24, 2.45) is 81.3 Å². The van der Waals surface area contributed by atoms with Gasteiger partial charge in [-0.25, -0.2) is 0 Å². The minimum absolute atomic E-state index is 0.0550. The maximum absolute atomic E-state index is 11.9. The Balaban J connectivity index is 0. The lowest BCUT2D eigenvalue weighted by Crippen LogP contribution is -2.41. The number of anilines is 1. The first-order valence-corrected chi connectivity index (χ1v) is 50.3. The fourth-order valence-electron chi connectivity index (χ4n) is 12.1. The van der Waals surface area contributed by atoms with E-state index < -0.39 is 25.7 Å². The SMILES string of the molecule is CC1C(=O)N(C)C(=O)C1C.CC1C(=O)N(C)C(=O)C1C.CC1C(=O)N(C)C(=O)C1C.CC1C(=O)N(C2CCCCC2)C(=O)C1C.CC1C(=O)N(c2ccccc2)C(=O)C1C.CCC(C)(C)C(=O)OCCC[Si](C)(OC)OC.CCC(C)(C)C(=O)OCCC[Si](C)(OC)OC.CCC(C)(C)C(=O)OCCC[Si](C)(OC)OC.CCC(C)C(=O)N(C)C. The van der Waals surface area contributed by atoms with Gasteiger partial charge in [-0.2, -0.15) is 0 Å². The van der Waals surface area contributed by atoms with Gasteiger partial charge in [0.2, 0.25) is 65.0 Å². The molecule has 7 rings (SSSR count). The zero-order valence-corrected chi connectivity index (χ0v) is 83.1. The molecule has 0 spiro atoms. The van der Waals surface area contributed by atoms with Crippen molar-refractivity contribution in [2.45, 2.75) is 266 Å². The molecule has 6 aliphatic rings. The first-order valence-electron chi connectivity index (χ1n) is 42.7. The monoisotopic (exact) mass is 1750 g/mol. The highest BCUT2D eigenvalue weighted by molar-refractivity contribution is 6.66. The molecule has 32 heteroatoms. The standard InChI is InChI=1S/C12H19NO2.C12H13NO2.3C12H26O4Si.3C7H11NO2.C7H15NO/c2*1-8-9(2)12(15)13(11(8)14)10-6-4-3-5-7-10;3*1-7-12(2,3)11(13)16-9-8-10-17(6,14-4)15-5;3*1-4-5(2)7(10)8(3)6(4)9;1-5-6(2)7(9)8(3)4/h8-10H,3-7H2,1-2H3;3-9H,1-2H3;3*7-10H2,1-6H3;3*4-5H,1-3H3;6H,5H2,1-4H3. The second kappa shape index (κ2) is 54.1. The van der Waals surface area contributed by atoms with E-state index in [0.29, 0.717) is 25.5 Å². The van der Waals surface area contributed by atoms with Crippen molar-refractivity contribution in [3.05, 3.63) is 30.3 Å². The number of imide groups is 5. The van der Waals surface area contributed by atoms with Crippen LogP contribution in [0.3, 0.4) is 0 Å². The number of likely N-dealkylation sites (tertiary alicyclic amines) is 4. The molecule has 1 aliphatic carbocycles. The van der Waals surface area contributed by atoms with E-state index in [-0.39, 0.29) is 170 Å². The summed E-state index contributed by atoms with van der Waals surface area (Å²) in [4.78, 5) is 168. The number of hydrogen-bond donors (Lipinski definition) is 0. The summed E-state index contributed by atoms with van der Waals surface area (Å²) in [6, 6.07) is 11.8. The maximum Gasteiger partial charge on any atom is 0.334 e. The number of ether oxygens (including phenoxy) is 3. The van der Waals surface area contributed by atoms with Crippen LogP contribution in [-0.4, -0.2) is 237 Å². The average Bonchev–Trinajstić information content (AvgIpc) is 1.65. The summed E-state index contributed by atoms with van der Waals surface area (Å²) in [7, 11) is 12.1. The lowest BCUT2D eigenvalue weighted by atomic mass is 9.91. The summed E-state index contributed by atoms with van der Waals surface area (Å²) in [6.07, 6.45) is 11.2. The van der Waals surface area contributed by atoms with E-state index in [4.69, 9.17) is 40.8 Å². The number of hydrogen-bond acceptors (Lipinski definition) is 23. The van der Waals surface area contributed by atoms with Crippen LogP contribution < -0.4 is 4.90 Å². The minimum atomic E-state index is -2.01.